The summed E-state index contributed by atoms with van der Waals surface area (Å²) in [6, 6.07) is 0. The van der Waals surface area contributed by atoms with Gasteiger partial charge >= 0.3 is 6.09 Å². The third-order valence-electron chi connectivity index (χ3n) is 4.86. The lowest BCUT2D eigenvalue weighted by Gasteiger charge is -2.31. The summed E-state index contributed by atoms with van der Waals surface area (Å²) in [5, 5.41) is 6.01. The lowest BCUT2D eigenvalue weighted by atomic mass is 9.99. The molecule has 0 aromatic carbocycles. The van der Waals surface area contributed by atoms with Crippen molar-refractivity contribution in [3.63, 3.8) is 0 Å². The van der Waals surface area contributed by atoms with Gasteiger partial charge in [-0.05, 0) is 27.2 Å². The van der Waals surface area contributed by atoms with Crippen LogP contribution in [0.4, 0.5) is 4.79 Å². The zero-order valence-electron chi connectivity index (χ0n) is 18.0. The number of amides is 2. The average Bonchev–Trinajstić information content (AvgIpc) is 2.64. The summed E-state index contributed by atoms with van der Waals surface area (Å²) in [6.07, 6.45) is 2.86. The topological polar surface area (TPSA) is 92.2 Å². The quantitative estimate of drug-likeness (QED) is 0.332. The lowest BCUT2D eigenvalue weighted by Crippen LogP contribution is -3.12. The number of nitrogens with one attached hydrogen (secondary N) is 3. The number of quaternary nitrogens is 1. The van der Waals surface area contributed by atoms with Gasteiger partial charge in [-0.15, -0.1) is 0 Å². The van der Waals surface area contributed by atoms with E-state index in [1.54, 1.807) is 0 Å². The van der Waals surface area contributed by atoms with Gasteiger partial charge in [-0.25, -0.2) is 4.79 Å². The van der Waals surface area contributed by atoms with Crippen LogP contribution in [0.3, 0.4) is 0 Å². The Hall–Kier alpha value is -1.67. The van der Waals surface area contributed by atoms with Crippen molar-refractivity contribution in [3.8, 4) is 0 Å². The molecule has 3 N–H and O–H groups in total. The SMILES string of the molecule is CCC(CC[NH+](CC=O)CCCNC(=O)OC(C)(C)C)C(=O)N1CCNCC1. The largest absolute Gasteiger partial charge is 0.444 e. The number of nitrogens with zero attached hydrogens (tertiary/aromatic N) is 1. The van der Waals surface area contributed by atoms with E-state index in [1.165, 1.54) is 0 Å². The van der Waals surface area contributed by atoms with Crippen molar-refractivity contribution >= 4 is 18.3 Å². The molecule has 0 radical (unpaired) electrons. The predicted octanol–water partition coefficient (Wildman–Crippen LogP) is -0.167. The fourth-order valence-corrected chi connectivity index (χ4v) is 3.31. The van der Waals surface area contributed by atoms with Crippen LogP contribution in [0.2, 0.25) is 0 Å². The fraction of sp³-hybridized carbons (Fsp3) is 0.850. The molecule has 28 heavy (non-hydrogen) atoms. The number of aldehydes is 1. The molecule has 8 nitrogen and oxygen atoms in total. The van der Waals surface area contributed by atoms with E-state index in [0.717, 1.165) is 69.7 Å². The first kappa shape index (κ1) is 24.4. The molecule has 2 atom stereocenters. The van der Waals surface area contributed by atoms with Gasteiger partial charge in [0.2, 0.25) is 5.91 Å². The van der Waals surface area contributed by atoms with Crippen molar-refractivity contribution < 1.29 is 24.0 Å². The maximum Gasteiger partial charge on any atom is 0.407 e. The van der Waals surface area contributed by atoms with Gasteiger partial charge in [0, 0.05) is 51.5 Å². The molecular weight excluding hydrogens is 360 g/mol. The number of hydrogen-bond donors (Lipinski definition) is 3. The van der Waals surface area contributed by atoms with Crippen molar-refractivity contribution in [1.29, 1.82) is 0 Å². The van der Waals surface area contributed by atoms with Crippen LogP contribution in [0, 0.1) is 5.92 Å². The number of carbonyl (C=O) groups excluding carboxylic acids is 3. The second kappa shape index (κ2) is 12.7. The van der Waals surface area contributed by atoms with E-state index in [4.69, 9.17) is 4.74 Å². The van der Waals surface area contributed by atoms with Crippen LogP contribution < -0.4 is 15.5 Å². The Balaban J connectivity index is 2.36. The molecule has 1 saturated heterocycles. The molecule has 1 heterocycles. The van der Waals surface area contributed by atoms with Crippen molar-refractivity contribution in [3.05, 3.63) is 0 Å². The second-order valence-corrected chi connectivity index (χ2v) is 8.37. The molecular formula is C20H39N4O4+. The minimum Gasteiger partial charge on any atom is -0.444 e. The van der Waals surface area contributed by atoms with Crippen molar-refractivity contribution in [2.75, 3.05) is 52.4 Å². The molecule has 1 fully saturated rings. The first-order valence-corrected chi connectivity index (χ1v) is 10.5. The summed E-state index contributed by atoms with van der Waals surface area (Å²) in [4.78, 5) is 38.5. The molecule has 1 aliphatic heterocycles. The summed E-state index contributed by atoms with van der Waals surface area (Å²) in [7, 11) is 0. The second-order valence-electron chi connectivity index (χ2n) is 8.37. The Morgan fingerprint density at radius 2 is 1.93 bits per heavy atom. The third-order valence-corrected chi connectivity index (χ3v) is 4.86. The Morgan fingerprint density at radius 1 is 1.25 bits per heavy atom. The molecule has 0 saturated carbocycles. The van der Waals surface area contributed by atoms with Gasteiger partial charge in [0.15, 0.2) is 6.29 Å². The van der Waals surface area contributed by atoms with Crippen LogP contribution in [-0.2, 0) is 14.3 Å². The summed E-state index contributed by atoms with van der Waals surface area (Å²) in [5.41, 5.74) is -0.509. The minimum atomic E-state index is -0.509. The predicted molar refractivity (Wildman–Crippen MR) is 108 cm³/mol. The highest BCUT2D eigenvalue weighted by molar-refractivity contribution is 5.78. The van der Waals surface area contributed by atoms with Gasteiger partial charge in [-0.1, -0.05) is 6.92 Å². The van der Waals surface area contributed by atoms with Crippen LogP contribution in [0.25, 0.3) is 0 Å². The Bertz CT molecular complexity index is 487. The Morgan fingerprint density at radius 3 is 2.50 bits per heavy atom. The van der Waals surface area contributed by atoms with Gasteiger partial charge in [-0.3, -0.25) is 9.59 Å². The van der Waals surface area contributed by atoms with E-state index in [9.17, 15) is 14.4 Å². The standard InChI is InChI=1S/C20H38N4O4/c1-5-17(18(26)24-13-9-21-10-14-24)7-12-23(15-16-25)11-6-8-22-19(27)28-20(2,3)4/h16-17,21H,5-15H2,1-4H3,(H,22,27)/p+1. The molecule has 1 rings (SSSR count). The third kappa shape index (κ3) is 10.0. The maximum absolute atomic E-state index is 12.7. The molecule has 162 valence electrons. The average molecular weight is 400 g/mol. The van der Waals surface area contributed by atoms with Gasteiger partial charge in [0.1, 0.15) is 12.1 Å². The first-order valence-electron chi connectivity index (χ1n) is 10.5. The Labute approximate surface area is 169 Å². The van der Waals surface area contributed by atoms with Gasteiger partial charge < -0.3 is 25.2 Å². The molecule has 1 aliphatic rings. The number of carbonyl (C=O) groups is 3. The first-order chi connectivity index (χ1) is 13.3. The normalized spacial score (nSPS) is 16.9. The molecule has 0 aromatic heterocycles. The highest BCUT2D eigenvalue weighted by Crippen LogP contribution is 2.12. The van der Waals surface area contributed by atoms with E-state index in [-0.39, 0.29) is 11.8 Å². The van der Waals surface area contributed by atoms with Crippen LogP contribution >= 0.6 is 0 Å². The van der Waals surface area contributed by atoms with E-state index >= 15 is 0 Å². The van der Waals surface area contributed by atoms with Crippen LogP contribution in [0.15, 0.2) is 0 Å². The molecule has 2 unspecified atom stereocenters. The highest BCUT2D eigenvalue weighted by Gasteiger charge is 2.25. The van der Waals surface area contributed by atoms with Crippen LogP contribution in [0.5, 0.6) is 0 Å². The van der Waals surface area contributed by atoms with E-state index < -0.39 is 11.7 Å². The van der Waals surface area contributed by atoms with E-state index in [1.807, 2.05) is 25.7 Å². The minimum absolute atomic E-state index is 0.0136. The summed E-state index contributed by atoms with van der Waals surface area (Å²) >= 11 is 0. The smallest absolute Gasteiger partial charge is 0.407 e. The van der Waals surface area contributed by atoms with Crippen molar-refractivity contribution in [1.82, 2.24) is 15.5 Å². The molecule has 0 aliphatic carbocycles. The van der Waals surface area contributed by atoms with Gasteiger partial charge in [0.25, 0.3) is 0 Å². The van der Waals surface area contributed by atoms with Crippen molar-refractivity contribution in [2.45, 2.75) is 52.6 Å². The number of piperazine rings is 1. The summed E-state index contributed by atoms with van der Waals surface area (Å²) in [5.74, 6) is 0.251. The molecule has 0 bridgehead atoms. The summed E-state index contributed by atoms with van der Waals surface area (Å²) < 4.78 is 5.21. The lowest BCUT2D eigenvalue weighted by molar-refractivity contribution is -0.891. The van der Waals surface area contributed by atoms with E-state index in [0.29, 0.717) is 13.1 Å². The van der Waals surface area contributed by atoms with Crippen LogP contribution in [-0.4, -0.2) is 81.1 Å². The fourth-order valence-electron chi connectivity index (χ4n) is 3.31. The monoisotopic (exact) mass is 399 g/mol. The number of alkyl carbamates (subject to hydrolysis) is 1. The highest BCUT2D eigenvalue weighted by atomic mass is 16.6. The van der Waals surface area contributed by atoms with Gasteiger partial charge in [-0.2, -0.15) is 0 Å². The molecule has 2 amide bonds. The van der Waals surface area contributed by atoms with Crippen molar-refractivity contribution in [2.24, 2.45) is 5.92 Å². The summed E-state index contributed by atoms with van der Waals surface area (Å²) in [6.45, 7) is 13.3. The Kier molecular flexibility index (Phi) is 11.1. The number of rotatable bonds is 11. The number of ether oxygens (including phenoxy) is 1. The number of hydrogen-bond acceptors (Lipinski definition) is 5. The zero-order valence-corrected chi connectivity index (χ0v) is 18.0. The zero-order chi connectivity index (χ0) is 21.0. The molecule has 0 spiro atoms. The van der Waals surface area contributed by atoms with Crippen LogP contribution in [0.1, 0.15) is 47.0 Å². The maximum atomic E-state index is 12.7. The molecule has 8 heteroatoms. The van der Waals surface area contributed by atoms with E-state index in [2.05, 4.69) is 17.6 Å². The molecule has 0 aromatic rings. The van der Waals surface area contributed by atoms with Gasteiger partial charge in [0.05, 0.1) is 13.1 Å².